The lowest BCUT2D eigenvalue weighted by atomic mass is 9.95. The number of nitrogens with zero attached hydrogens (tertiary/aromatic N) is 3. The number of aryl methyl sites for hydroxylation is 1. The lowest BCUT2D eigenvalue weighted by molar-refractivity contribution is 0.381. The third-order valence-corrected chi connectivity index (χ3v) is 3.47. The molecule has 0 aliphatic rings. The molecule has 110 valence electrons. The van der Waals surface area contributed by atoms with E-state index >= 15 is 0 Å². The first-order chi connectivity index (χ1) is 9.30. The highest BCUT2D eigenvalue weighted by atomic mass is 15.1. The number of aromatic nitrogens is 2. The Morgan fingerprint density at radius 1 is 1.25 bits per heavy atom. The Labute approximate surface area is 121 Å². The second-order valence-corrected chi connectivity index (χ2v) is 6.71. The molecule has 0 aliphatic carbocycles. The van der Waals surface area contributed by atoms with E-state index in [1.165, 1.54) is 0 Å². The molecule has 0 atom stereocenters. The summed E-state index contributed by atoms with van der Waals surface area (Å²) in [5.74, 6) is 1.11. The number of fused-ring (bicyclic) bond motifs is 1. The molecule has 0 saturated heterocycles. The first-order valence-corrected chi connectivity index (χ1v) is 7.20. The predicted octanol–water partition coefficient (Wildman–Crippen LogP) is 2.87. The van der Waals surface area contributed by atoms with Crippen LogP contribution in [0.25, 0.3) is 11.0 Å². The normalized spacial score (nSPS) is 12.5. The Bertz CT molecular complexity index is 590. The third-order valence-electron chi connectivity index (χ3n) is 3.47. The van der Waals surface area contributed by atoms with Gasteiger partial charge in [-0.25, -0.2) is 4.98 Å². The van der Waals surface area contributed by atoms with E-state index in [1.54, 1.807) is 0 Å². The Kier molecular flexibility index (Phi) is 4.04. The van der Waals surface area contributed by atoms with Crippen molar-refractivity contribution >= 4 is 16.7 Å². The maximum atomic E-state index is 6.07. The van der Waals surface area contributed by atoms with E-state index in [2.05, 4.69) is 50.4 Å². The fourth-order valence-corrected chi connectivity index (χ4v) is 2.51. The minimum atomic E-state index is 0.0174. The number of imidazole rings is 1. The van der Waals surface area contributed by atoms with Crippen LogP contribution in [0.2, 0.25) is 0 Å². The topological polar surface area (TPSA) is 47.1 Å². The molecule has 1 heterocycles. The Morgan fingerprint density at radius 2 is 1.95 bits per heavy atom. The number of nitrogens with two attached hydrogens (primary N) is 1. The molecule has 2 N–H and O–H groups in total. The van der Waals surface area contributed by atoms with Crippen molar-refractivity contribution in [3.63, 3.8) is 0 Å². The summed E-state index contributed by atoms with van der Waals surface area (Å²) in [5, 5.41) is 0. The molecule has 1 aromatic carbocycles. The van der Waals surface area contributed by atoms with Gasteiger partial charge in [0.05, 0.1) is 11.2 Å². The largest absolute Gasteiger partial charge is 0.397 e. The van der Waals surface area contributed by atoms with Crippen LogP contribution in [0.1, 0.15) is 33.0 Å². The number of anilines is 1. The molecule has 0 amide bonds. The van der Waals surface area contributed by atoms with Crippen LogP contribution in [0.3, 0.4) is 0 Å². The summed E-state index contributed by atoms with van der Waals surface area (Å²) < 4.78 is 2.33. The van der Waals surface area contributed by atoms with Crippen molar-refractivity contribution < 1.29 is 0 Å². The highest BCUT2D eigenvalue weighted by Crippen LogP contribution is 2.29. The van der Waals surface area contributed by atoms with Crippen LogP contribution in [-0.2, 0) is 12.0 Å². The second kappa shape index (κ2) is 5.44. The van der Waals surface area contributed by atoms with Crippen molar-refractivity contribution in [2.45, 2.75) is 39.2 Å². The summed E-state index contributed by atoms with van der Waals surface area (Å²) in [6.45, 7) is 8.66. The van der Waals surface area contributed by atoms with Crippen LogP contribution < -0.4 is 5.73 Å². The fourth-order valence-electron chi connectivity index (χ4n) is 2.51. The van der Waals surface area contributed by atoms with Crippen LogP contribution in [0, 0.1) is 0 Å². The van der Waals surface area contributed by atoms with Gasteiger partial charge in [-0.05, 0) is 39.2 Å². The van der Waals surface area contributed by atoms with Crippen LogP contribution in [0.5, 0.6) is 0 Å². The Morgan fingerprint density at radius 3 is 2.55 bits per heavy atom. The van der Waals surface area contributed by atoms with Crippen molar-refractivity contribution in [2.24, 2.45) is 0 Å². The van der Waals surface area contributed by atoms with Gasteiger partial charge in [0.15, 0.2) is 0 Å². The standard InChI is InChI=1S/C16H26N4/c1-16(2,3)15-18-14-12(17)8-6-9-13(14)20(15)11-7-10-19(4)5/h6,8-9H,7,10-11,17H2,1-5H3. The van der Waals surface area contributed by atoms with Gasteiger partial charge in [-0.1, -0.05) is 26.8 Å². The number of nitrogen functional groups attached to an aromatic ring is 1. The molecule has 4 nitrogen and oxygen atoms in total. The monoisotopic (exact) mass is 274 g/mol. The molecule has 0 unspecified atom stereocenters. The van der Waals surface area contributed by atoms with E-state index in [9.17, 15) is 0 Å². The summed E-state index contributed by atoms with van der Waals surface area (Å²) in [6.07, 6.45) is 1.11. The zero-order chi connectivity index (χ0) is 14.9. The molecule has 0 aliphatic heterocycles. The molecule has 0 fully saturated rings. The van der Waals surface area contributed by atoms with E-state index in [0.717, 1.165) is 42.1 Å². The van der Waals surface area contributed by atoms with Crippen molar-refractivity contribution in [2.75, 3.05) is 26.4 Å². The SMILES string of the molecule is CN(C)CCCn1c(C(C)(C)C)nc2c(N)cccc21. The van der Waals surface area contributed by atoms with Gasteiger partial charge in [0.25, 0.3) is 0 Å². The van der Waals surface area contributed by atoms with E-state index in [1.807, 2.05) is 12.1 Å². The van der Waals surface area contributed by atoms with Crippen LogP contribution in [0.15, 0.2) is 18.2 Å². The first-order valence-electron chi connectivity index (χ1n) is 7.20. The van der Waals surface area contributed by atoms with Gasteiger partial charge >= 0.3 is 0 Å². The van der Waals surface area contributed by atoms with Gasteiger partial charge in [0.1, 0.15) is 11.3 Å². The summed E-state index contributed by atoms with van der Waals surface area (Å²) in [4.78, 5) is 7.02. The number of rotatable bonds is 4. The maximum absolute atomic E-state index is 6.07. The fraction of sp³-hybridized carbons (Fsp3) is 0.562. The van der Waals surface area contributed by atoms with Gasteiger partial charge in [-0.2, -0.15) is 0 Å². The van der Waals surface area contributed by atoms with Crippen molar-refractivity contribution in [1.29, 1.82) is 0 Å². The molecule has 0 radical (unpaired) electrons. The van der Waals surface area contributed by atoms with Crippen molar-refractivity contribution in [3.8, 4) is 0 Å². The van der Waals surface area contributed by atoms with E-state index in [-0.39, 0.29) is 5.41 Å². The zero-order valence-corrected chi connectivity index (χ0v) is 13.3. The summed E-state index contributed by atoms with van der Waals surface area (Å²) in [5.41, 5.74) is 8.93. The molecule has 0 bridgehead atoms. The second-order valence-electron chi connectivity index (χ2n) is 6.71. The maximum Gasteiger partial charge on any atom is 0.115 e. The number of para-hydroxylation sites is 1. The van der Waals surface area contributed by atoms with Gasteiger partial charge in [0, 0.05) is 12.0 Å². The minimum Gasteiger partial charge on any atom is -0.397 e. The molecular weight excluding hydrogens is 248 g/mol. The summed E-state index contributed by atoms with van der Waals surface area (Å²) in [7, 11) is 4.21. The minimum absolute atomic E-state index is 0.0174. The van der Waals surface area contributed by atoms with Gasteiger partial charge in [-0.15, -0.1) is 0 Å². The summed E-state index contributed by atoms with van der Waals surface area (Å²) in [6, 6.07) is 6.05. The Hall–Kier alpha value is -1.55. The van der Waals surface area contributed by atoms with E-state index in [0.29, 0.717) is 0 Å². The number of hydrogen-bond donors (Lipinski definition) is 1. The molecule has 0 spiro atoms. The van der Waals surface area contributed by atoms with Crippen LogP contribution in [-0.4, -0.2) is 35.1 Å². The number of hydrogen-bond acceptors (Lipinski definition) is 3. The zero-order valence-electron chi connectivity index (χ0n) is 13.3. The third kappa shape index (κ3) is 2.96. The lowest BCUT2D eigenvalue weighted by Crippen LogP contribution is -2.21. The average molecular weight is 274 g/mol. The van der Waals surface area contributed by atoms with Crippen molar-refractivity contribution in [3.05, 3.63) is 24.0 Å². The predicted molar refractivity (Wildman–Crippen MR) is 86.0 cm³/mol. The number of benzene rings is 1. The van der Waals surface area contributed by atoms with Crippen LogP contribution >= 0.6 is 0 Å². The van der Waals surface area contributed by atoms with Crippen LogP contribution in [0.4, 0.5) is 5.69 Å². The molecule has 1 aromatic heterocycles. The molecule has 20 heavy (non-hydrogen) atoms. The smallest absolute Gasteiger partial charge is 0.115 e. The van der Waals surface area contributed by atoms with Gasteiger partial charge in [0.2, 0.25) is 0 Å². The molecule has 0 saturated carbocycles. The summed E-state index contributed by atoms with van der Waals surface area (Å²) >= 11 is 0. The molecule has 2 rings (SSSR count). The highest BCUT2D eigenvalue weighted by Gasteiger charge is 2.23. The Balaban J connectivity index is 2.45. The average Bonchev–Trinajstić information content (AvgIpc) is 2.69. The molecule has 4 heteroatoms. The van der Waals surface area contributed by atoms with Gasteiger partial charge in [-0.3, -0.25) is 0 Å². The van der Waals surface area contributed by atoms with Gasteiger partial charge < -0.3 is 15.2 Å². The highest BCUT2D eigenvalue weighted by molar-refractivity contribution is 5.87. The van der Waals surface area contributed by atoms with Crippen molar-refractivity contribution in [1.82, 2.24) is 14.5 Å². The first kappa shape index (κ1) is 14.9. The van der Waals surface area contributed by atoms with E-state index in [4.69, 9.17) is 10.7 Å². The molecule has 2 aromatic rings. The van der Waals surface area contributed by atoms with E-state index < -0.39 is 0 Å². The molecular formula is C16H26N4. The lowest BCUT2D eigenvalue weighted by Gasteiger charge is -2.20. The quantitative estimate of drug-likeness (QED) is 0.872.